The summed E-state index contributed by atoms with van der Waals surface area (Å²) in [7, 11) is 0. The lowest BCUT2D eigenvalue weighted by atomic mass is 10.2. The van der Waals surface area contributed by atoms with Crippen LogP contribution in [-0.4, -0.2) is 16.3 Å². The molecule has 0 aliphatic heterocycles. The zero-order valence-electron chi connectivity index (χ0n) is 11.9. The van der Waals surface area contributed by atoms with Crippen molar-refractivity contribution < 1.29 is 0 Å². The summed E-state index contributed by atoms with van der Waals surface area (Å²) in [5.74, 6) is 0. The van der Waals surface area contributed by atoms with Crippen LogP contribution in [0.2, 0.25) is 0 Å². The third-order valence-corrected chi connectivity index (χ3v) is 3.52. The molecule has 3 N–H and O–H groups in total. The van der Waals surface area contributed by atoms with E-state index >= 15 is 0 Å². The third kappa shape index (κ3) is 3.51. The third-order valence-electron chi connectivity index (χ3n) is 3.29. The monoisotopic (exact) mass is 308 g/mol. The molecule has 0 saturated carbocycles. The number of hydrogen-bond acceptors (Lipinski definition) is 2. The summed E-state index contributed by atoms with van der Waals surface area (Å²) in [5, 5.41) is 8.93. The van der Waals surface area contributed by atoms with Crippen molar-refractivity contribution in [1.29, 1.82) is 0 Å². The Bertz CT molecular complexity index is 793. The second-order valence-electron chi connectivity index (χ2n) is 4.83. The van der Waals surface area contributed by atoms with Gasteiger partial charge in [0.15, 0.2) is 5.11 Å². The number of nitrogens with zero attached hydrogens (tertiary/aromatic N) is 1. The number of thiocarbonyl (C=S) groups is 1. The minimum absolute atomic E-state index is 0.500. The fourth-order valence-corrected chi connectivity index (χ4v) is 2.30. The molecule has 0 unspecified atom stereocenters. The van der Waals surface area contributed by atoms with Crippen LogP contribution in [0.1, 0.15) is 11.1 Å². The van der Waals surface area contributed by atoms with E-state index < -0.39 is 0 Å². The number of fused-ring (bicyclic) bond motifs is 1. The van der Waals surface area contributed by atoms with Crippen LogP contribution in [0.3, 0.4) is 0 Å². The highest BCUT2D eigenvalue weighted by atomic mass is 32.1. The van der Waals surface area contributed by atoms with Crippen molar-refractivity contribution >= 4 is 34.4 Å². The van der Waals surface area contributed by atoms with Crippen molar-refractivity contribution in [1.82, 2.24) is 15.7 Å². The van der Waals surface area contributed by atoms with Crippen molar-refractivity contribution in [2.75, 3.05) is 0 Å². The number of hydrazone groups is 1. The van der Waals surface area contributed by atoms with Crippen LogP contribution in [0.15, 0.2) is 65.9 Å². The van der Waals surface area contributed by atoms with Gasteiger partial charge in [0.25, 0.3) is 0 Å². The molecule has 4 nitrogen and oxygen atoms in total. The molecule has 0 bridgehead atoms. The van der Waals surface area contributed by atoms with Crippen molar-refractivity contribution in [3.63, 3.8) is 0 Å². The lowest BCUT2D eigenvalue weighted by Gasteiger charge is -2.06. The average molecular weight is 308 g/mol. The maximum absolute atomic E-state index is 5.20. The van der Waals surface area contributed by atoms with Crippen molar-refractivity contribution in [2.24, 2.45) is 5.10 Å². The van der Waals surface area contributed by atoms with Crippen molar-refractivity contribution in [3.05, 3.63) is 71.9 Å². The zero-order valence-corrected chi connectivity index (χ0v) is 12.7. The van der Waals surface area contributed by atoms with Gasteiger partial charge in [0, 0.05) is 29.2 Å². The first-order chi connectivity index (χ1) is 10.8. The first-order valence-electron chi connectivity index (χ1n) is 7.00. The molecule has 2 aromatic carbocycles. The first-order valence-corrected chi connectivity index (χ1v) is 7.41. The second kappa shape index (κ2) is 6.87. The minimum atomic E-state index is 0.500. The van der Waals surface area contributed by atoms with E-state index in [1.54, 1.807) is 6.21 Å². The average Bonchev–Trinajstić information content (AvgIpc) is 2.97. The van der Waals surface area contributed by atoms with E-state index in [1.807, 2.05) is 54.7 Å². The summed E-state index contributed by atoms with van der Waals surface area (Å²) in [6.45, 7) is 0.676. The summed E-state index contributed by atoms with van der Waals surface area (Å²) in [5.41, 5.74) is 6.12. The van der Waals surface area contributed by atoms with Gasteiger partial charge in [-0.1, -0.05) is 48.5 Å². The molecular formula is C17H16N4S. The molecule has 0 fully saturated rings. The fraction of sp³-hybridized carbons (Fsp3) is 0.0588. The van der Waals surface area contributed by atoms with Gasteiger partial charge >= 0.3 is 0 Å². The number of H-pyrrole nitrogens is 1. The van der Waals surface area contributed by atoms with Gasteiger partial charge in [0.1, 0.15) is 0 Å². The highest BCUT2D eigenvalue weighted by Gasteiger charge is 1.99. The molecule has 0 atom stereocenters. The molecule has 0 aliphatic rings. The Labute approximate surface area is 134 Å². The fourth-order valence-electron chi connectivity index (χ4n) is 2.18. The molecular weight excluding hydrogens is 292 g/mol. The number of aromatic nitrogens is 1. The molecule has 0 aliphatic carbocycles. The van der Waals surface area contributed by atoms with Gasteiger partial charge < -0.3 is 10.3 Å². The number of rotatable bonds is 4. The topological polar surface area (TPSA) is 52.2 Å². The van der Waals surface area contributed by atoms with E-state index in [0.717, 1.165) is 16.5 Å². The number of benzene rings is 2. The lowest BCUT2D eigenvalue weighted by molar-refractivity contribution is 0.869. The summed E-state index contributed by atoms with van der Waals surface area (Å²) in [6, 6.07) is 18.2. The smallest absolute Gasteiger partial charge is 0.187 e. The summed E-state index contributed by atoms with van der Waals surface area (Å²) in [6.07, 6.45) is 3.69. The number of para-hydroxylation sites is 1. The highest BCUT2D eigenvalue weighted by Crippen LogP contribution is 2.15. The first kappa shape index (κ1) is 14.3. The SMILES string of the molecule is S=C(NCc1ccccc1)N/N=C\c1c[nH]c2ccccc12. The van der Waals surface area contributed by atoms with Crippen molar-refractivity contribution in [3.8, 4) is 0 Å². The van der Waals surface area contributed by atoms with E-state index in [0.29, 0.717) is 11.7 Å². The number of nitrogens with one attached hydrogen (secondary N) is 3. The molecule has 22 heavy (non-hydrogen) atoms. The molecule has 0 amide bonds. The van der Waals surface area contributed by atoms with E-state index in [2.05, 4.69) is 26.9 Å². The van der Waals surface area contributed by atoms with Gasteiger partial charge in [0.2, 0.25) is 0 Å². The zero-order chi connectivity index (χ0) is 15.2. The Hall–Kier alpha value is -2.66. The van der Waals surface area contributed by atoms with Crippen LogP contribution in [0.25, 0.3) is 10.9 Å². The van der Waals surface area contributed by atoms with Gasteiger partial charge in [-0.2, -0.15) is 5.10 Å². The Kier molecular flexibility index (Phi) is 4.46. The molecule has 3 rings (SSSR count). The predicted molar refractivity (Wildman–Crippen MR) is 94.9 cm³/mol. The molecule has 0 saturated heterocycles. The molecule has 0 spiro atoms. The van der Waals surface area contributed by atoms with Gasteiger partial charge in [-0.3, -0.25) is 5.43 Å². The second-order valence-corrected chi connectivity index (χ2v) is 5.24. The summed E-state index contributed by atoms with van der Waals surface area (Å²) < 4.78 is 0. The Morgan fingerprint density at radius 2 is 1.86 bits per heavy atom. The quantitative estimate of drug-likeness (QED) is 0.394. The normalized spacial score (nSPS) is 10.9. The van der Waals surface area contributed by atoms with Crippen LogP contribution in [0, 0.1) is 0 Å². The van der Waals surface area contributed by atoms with Crippen LogP contribution < -0.4 is 10.7 Å². The molecule has 5 heteroatoms. The largest absolute Gasteiger partial charge is 0.361 e. The van der Waals surface area contributed by atoms with E-state index in [-0.39, 0.29) is 0 Å². The van der Waals surface area contributed by atoms with Crippen LogP contribution >= 0.6 is 12.2 Å². The number of aromatic amines is 1. The molecule has 110 valence electrons. The molecule has 1 heterocycles. The van der Waals surface area contributed by atoms with E-state index in [1.165, 1.54) is 5.56 Å². The van der Waals surface area contributed by atoms with E-state index in [4.69, 9.17) is 12.2 Å². The Balaban J connectivity index is 1.54. The molecule has 3 aromatic rings. The van der Waals surface area contributed by atoms with E-state index in [9.17, 15) is 0 Å². The van der Waals surface area contributed by atoms with Crippen molar-refractivity contribution in [2.45, 2.75) is 6.54 Å². The Morgan fingerprint density at radius 1 is 1.09 bits per heavy atom. The van der Waals surface area contributed by atoms with Gasteiger partial charge in [-0.25, -0.2) is 0 Å². The van der Waals surface area contributed by atoms with Crippen LogP contribution in [0.5, 0.6) is 0 Å². The van der Waals surface area contributed by atoms with Crippen LogP contribution in [0.4, 0.5) is 0 Å². The predicted octanol–water partition coefficient (Wildman–Crippen LogP) is 3.17. The van der Waals surface area contributed by atoms with Gasteiger partial charge in [-0.15, -0.1) is 0 Å². The Morgan fingerprint density at radius 3 is 2.73 bits per heavy atom. The molecule has 0 radical (unpaired) electrons. The van der Waals surface area contributed by atoms with Gasteiger partial charge in [-0.05, 0) is 23.8 Å². The summed E-state index contributed by atoms with van der Waals surface area (Å²) in [4.78, 5) is 3.21. The highest BCUT2D eigenvalue weighted by molar-refractivity contribution is 7.80. The minimum Gasteiger partial charge on any atom is -0.361 e. The maximum atomic E-state index is 5.20. The lowest BCUT2D eigenvalue weighted by Crippen LogP contribution is -2.31. The summed E-state index contributed by atoms with van der Waals surface area (Å²) >= 11 is 5.20. The maximum Gasteiger partial charge on any atom is 0.187 e. The van der Waals surface area contributed by atoms with Crippen LogP contribution in [-0.2, 0) is 6.54 Å². The molecule has 1 aromatic heterocycles. The van der Waals surface area contributed by atoms with Gasteiger partial charge in [0.05, 0.1) is 6.21 Å². The number of hydrogen-bond donors (Lipinski definition) is 3. The standard InChI is InChI=1S/C17H16N4S/c22-17(19-10-13-6-2-1-3-7-13)21-20-12-14-11-18-16-9-5-4-8-15(14)16/h1-9,11-12,18H,10H2,(H2,19,21,22)/b20-12-.